The number of nitro benzene ring substituents is 1. The highest BCUT2D eigenvalue weighted by Crippen LogP contribution is 2.31. The first-order valence-electron chi connectivity index (χ1n) is 10.4. The van der Waals surface area contributed by atoms with Gasteiger partial charge >= 0.3 is 0 Å². The number of amides is 1. The van der Waals surface area contributed by atoms with Crippen molar-refractivity contribution in [1.29, 1.82) is 0 Å². The van der Waals surface area contributed by atoms with Crippen LogP contribution in [0.4, 0.5) is 11.4 Å². The number of phenolic OH excluding ortho intramolecular Hbond substituents is 1. The van der Waals surface area contributed by atoms with E-state index in [1.165, 1.54) is 23.9 Å². The first-order chi connectivity index (χ1) is 16.3. The van der Waals surface area contributed by atoms with Crippen LogP contribution in [0.25, 0.3) is 17.1 Å². The summed E-state index contributed by atoms with van der Waals surface area (Å²) >= 11 is 1.22. The summed E-state index contributed by atoms with van der Waals surface area (Å²) in [6.07, 6.45) is 0. The second-order valence-corrected chi connectivity index (χ2v) is 8.84. The van der Waals surface area contributed by atoms with E-state index in [0.29, 0.717) is 16.7 Å². The molecule has 0 unspecified atom stereocenters. The molecule has 0 aliphatic carbocycles. The second kappa shape index (κ2) is 9.75. The molecule has 0 spiro atoms. The van der Waals surface area contributed by atoms with E-state index >= 15 is 0 Å². The number of nitro groups is 1. The molecular formula is C24H21N5O4S. The number of carbonyl (C=O) groups is 1. The van der Waals surface area contributed by atoms with Crippen LogP contribution in [-0.4, -0.2) is 36.0 Å². The average Bonchev–Trinajstić information content (AvgIpc) is 3.24. The Kier molecular flexibility index (Phi) is 6.60. The first-order valence-corrected chi connectivity index (χ1v) is 11.2. The van der Waals surface area contributed by atoms with E-state index in [-0.39, 0.29) is 17.3 Å². The normalized spacial score (nSPS) is 11.7. The first kappa shape index (κ1) is 23.0. The zero-order valence-corrected chi connectivity index (χ0v) is 19.2. The van der Waals surface area contributed by atoms with Crippen LogP contribution in [0.3, 0.4) is 0 Å². The predicted molar refractivity (Wildman–Crippen MR) is 130 cm³/mol. The molecule has 172 valence electrons. The van der Waals surface area contributed by atoms with Crippen LogP contribution in [0, 0.1) is 17.0 Å². The van der Waals surface area contributed by atoms with Crippen LogP contribution in [0.1, 0.15) is 12.5 Å². The summed E-state index contributed by atoms with van der Waals surface area (Å²) in [5.74, 6) is 0.393. The minimum absolute atomic E-state index is 0.0939. The van der Waals surface area contributed by atoms with Gasteiger partial charge in [0.05, 0.1) is 15.9 Å². The number of para-hydroxylation sites is 1. The number of aryl methyl sites for hydroxylation is 1. The highest BCUT2D eigenvalue weighted by atomic mass is 32.2. The second-order valence-electron chi connectivity index (χ2n) is 7.53. The lowest BCUT2D eigenvalue weighted by Gasteiger charge is -2.15. The SMILES string of the molecule is Cc1ccc([N+](=O)[O-])cc1NC(=O)[C@@H](C)Sc1nnc(-c2ccc(O)cc2)n1-c1ccccc1. The van der Waals surface area contributed by atoms with Gasteiger partial charge in [0.1, 0.15) is 5.75 Å². The number of hydrogen-bond donors (Lipinski definition) is 2. The summed E-state index contributed by atoms with van der Waals surface area (Å²) in [5, 5.41) is 32.1. The molecule has 10 heteroatoms. The van der Waals surface area contributed by atoms with Gasteiger partial charge < -0.3 is 10.4 Å². The van der Waals surface area contributed by atoms with E-state index in [1.54, 1.807) is 44.2 Å². The molecule has 1 atom stereocenters. The van der Waals surface area contributed by atoms with Crippen molar-refractivity contribution in [3.63, 3.8) is 0 Å². The molecule has 4 aromatic rings. The van der Waals surface area contributed by atoms with Crippen molar-refractivity contribution in [3.8, 4) is 22.8 Å². The molecule has 3 aromatic carbocycles. The Morgan fingerprint density at radius 1 is 1.09 bits per heavy atom. The summed E-state index contributed by atoms with van der Waals surface area (Å²) < 4.78 is 1.85. The molecule has 1 heterocycles. The number of carbonyl (C=O) groups excluding carboxylic acids is 1. The van der Waals surface area contributed by atoms with Crippen LogP contribution in [0.2, 0.25) is 0 Å². The van der Waals surface area contributed by atoms with E-state index in [0.717, 1.165) is 16.8 Å². The number of rotatable bonds is 7. The summed E-state index contributed by atoms with van der Waals surface area (Å²) in [4.78, 5) is 23.5. The van der Waals surface area contributed by atoms with Gasteiger partial charge in [-0.3, -0.25) is 19.5 Å². The van der Waals surface area contributed by atoms with Gasteiger partial charge in [0.25, 0.3) is 5.69 Å². The number of aromatic hydroxyl groups is 1. The van der Waals surface area contributed by atoms with Crippen molar-refractivity contribution in [2.45, 2.75) is 24.3 Å². The fourth-order valence-electron chi connectivity index (χ4n) is 3.26. The quantitative estimate of drug-likeness (QED) is 0.220. The minimum atomic E-state index is -0.571. The van der Waals surface area contributed by atoms with E-state index in [1.807, 2.05) is 34.9 Å². The molecule has 34 heavy (non-hydrogen) atoms. The number of non-ortho nitro benzene ring substituents is 1. The number of nitrogens with zero attached hydrogens (tertiary/aromatic N) is 4. The molecule has 9 nitrogen and oxygen atoms in total. The minimum Gasteiger partial charge on any atom is -0.508 e. The zero-order chi connectivity index (χ0) is 24.2. The van der Waals surface area contributed by atoms with Gasteiger partial charge in [-0.05, 0) is 55.8 Å². The predicted octanol–water partition coefficient (Wildman–Crippen LogP) is 4.98. The van der Waals surface area contributed by atoms with Gasteiger partial charge in [-0.1, -0.05) is 36.0 Å². The Morgan fingerprint density at radius 3 is 2.47 bits per heavy atom. The molecule has 0 radical (unpaired) electrons. The van der Waals surface area contributed by atoms with Crippen LogP contribution in [-0.2, 0) is 4.79 Å². The van der Waals surface area contributed by atoms with Crippen molar-refractivity contribution in [2.75, 3.05) is 5.32 Å². The summed E-state index contributed by atoms with van der Waals surface area (Å²) in [5.41, 5.74) is 2.59. The molecule has 4 rings (SSSR count). The molecule has 0 fully saturated rings. The summed E-state index contributed by atoms with van der Waals surface area (Å²) in [7, 11) is 0. The third-order valence-electron chi connectivity index (χ3n) is 5.11. The van der Waals surface area contributed by atoms with Crippen molar-refractivity contribution >= 4 is 29.0 Å². The third-order valence-corrected chi connectivity index (χ3v) is 6.16. The van der Waals surface area contributed by atoms with Crippen molar-refractivity contribution in [2.24, 2.45) is 0 Å². The maximum Gasteiger partial charge on any atom is 0.271 e. The number of benzene rings is 3. The van der Waals surface area contributed by atoms with Gasteiger partial charge in [-0.2, -0.15) is 0 Å². The van der Waals surface area contributed by atoms with Crippen LogP contribution in [0.5, 0.6) is 5.75 Å². The molecule has 0 bridgehead atoms. The van der Waals surface area contributed by atoms with E-state index in [4.69, 9.17) is 0 Å². The maximum absolute atomic E-state index is 12.9. The number of hydrogen-bond acceptors (Lipinski definition) is 7. The average molecular weight is 476 g/mol. The highest BCUT2D eigenvalue weighted by Gasteiger charge is 2.23. The van der Waals surface area contributed by atoms with Gasteiger partial charge in [0.15, 0.2) is 11.0 Å². The molecule has 0 aliphatic heterocycles. The Hall–Kier alpha value is -4.18. The molecule has 0 aliphatic rings. The molecule has 0 saturated carbocycles. The number of anilines is 1. The fourth-order valence-corrected chi connectivity index (χ4v) is 4.13. The van der Waals surface area contributed by atoms with E-state index in [9.17, 15) is 20.0 Å². The molecule has 2 N–H and O–H groups in total. The highest BCUT2D eigenvalue weighted by molar-refractivity contribution is 8.00. The molecule has 1 aromatic heterocycles. The van der Waals surface area contributed by atoms with Crippen molar-refractivity contribution < 1.29 is 14.8 Å². The van der Waals surface area contributed by atoms with E-state index in [2.05, 4.69) is 15.5 Å². The molecule has 0 saturated heterocycles. The van der Waals surface area contributed by atoms with Gasteiger partial charge in [0.2, 0.25) is 5.91 Å². The number of nitrogens with one attached hydrogen (secondary N) is 1. The number of phenols is 1. The standard InChI is InChI=1S/C24H21N5O4S/c1-15-8-11-19(29(32)33)14-21(15)25-23(31)16(2)34-24-27-26-22(17-9-12-20(30)13-10-17)28(24)18-6-4-3-5-7-18/h3-14,16,30H,1-2H3,(H,25,31)/t16-/m1/s1. The lowest BCUT2D eigenvalue weighted by atomic mass is 10.2. The third kappa shape index (κ3) is 4.91. The van der Waals surface area contributed by atoms with E-state index < -0.39 is 10.2 Å². The topological polar surface area (TPSA) is 123 Å². The smallest absolute Gasteiger partial charge is 0.271 e. The summed E-state index contributed by atoms with van der Waals surface area (Å²) in [6, 6.07) is 20.5. The maximum atomic E-state index is 12.9. The van der Waals surface area contributed by atoms with Crippen LogP contribution in [0.15, 0.2) is 78.0 Å². The van der Waals surface area contributed by atoms with Crippen LogP contribution < -0.4 is 5.32 Å². The van der Waals surface area contributed by atoms with Gasteiger partial charge in [0, 0.05) is 23.4 Å². The van der Waals surface area contributed by atoms with Gasteiger partial charge in [-0.15, -0.1) is 10.2 Å². The summed E-state index contributed by atoms with van der Waals surface area (Å²) in [6.45, 7) is 3.50. The zero-order valence-electron chi connectivity index (χ0n) is 18.4. The fraction of sp³-hybridized carbons (Fsp3) is 0.125. The Labute approximate surface area is 199 Å². The molecule has 1 amide bonds. The Balaban J connectivity index is 1.62. The molecular weight excluding hydrogens is 454 g/mol. The van der Waals surface area contributed by atoms with Crippen LogP contribution >= 0.6 is 11.8 Å². The number of aromatic nitrogens is 3. The Morgan fingerprint density at radius 2 is 1.79 bits per heavy atom. The lowest BCUT2D eigenvalue weighted by molar-refractivity contribution is -0.384. The lowest BCUT2D eigenvalue weighted by Crippen LogP contribution is -2.23. The van der Waals surface area contributed by atoms with Crippen molar-refractivity contribution in [1.82, 2.24) is 14.8 Å². The van der Waals surface area contributed by atoms with Crippen molar-refractivity contribution in [3.05, 3.63) is 88.5 Å². The largest absolute Gasteiger partial charge is 0.508 e. The van der Waals surface area contributed by atoms with Gasteiger partial charge in [-0.25, -0.2) is 0 Å². The Bertz CT molecular complexity index is 1340. The number of thioether (sulfide) groups is 1. The monoisotopic (exact) mass is 475 g/mol.